The normalized spacial score (nSPS) is 19.7. The number of carbonyl (C=O) groups is 1. The number of amides is 1. The van der Waals surface area contributed by atoms with Gasteiger partial charge in [0.05, 0.1) is 23.2 Å². The molecule has 1 saturated heterocycles. The van der Waals surface area contributed by atoms with Gasteiger partial charge in [-0.1, -0.05) is 18.2 Å². The molecule has 2 atom stereocenters. The molecule has 2 aliphatic heterocycles. The van der Waals surface area contributed by atoms with Crippen molar-refractivity contribution in [3.8, 4) is 11.1 Å². The van der Waals surface area contributed by atoms with Crippen molar-refractivity contribution in [3.05, 3.63) is 64.1 Å². The molecule has 0 aliphatic carbocycles. The van der Waals surface area contributed by atoms with E-state index >= 15 is 0 Å². The topological polar surface area (TPSA) is 67.7 Å². The van der Waals surface area contributed by atoms with E-state index in [4.69, 9.17) is 16.3 Å². The van der Waals surface area contributed by atoms with Crippen molar-refractivity contribution in [2.75, 3.05) is 37.4 Å². The molecule has 5 rings (SSSR count). The lowest BCUT2D eigenvalue weighted by Gasteiger charge is -2.40. The molecule has 0 spiro atoms. The summed E-state index contributed by atoms with van der Waals surface area (Å²) in [7, 11) is 1.57. The van der Waals surface area contributed by atoms with Gasteiger partial charge in [0.1, 0.15) is 17.5 Å². The summed E-state index contributed by atoms with van der Waals surface area (Å²) in [6, 6.07) is 4.92. The third kappa shape index (κ3) is 4.51. The number of thioether (sulfide) groups is 1. The average Bonchev–Trinajstić information content (AvgIpc) is 3.07. The molecule has 1 unspecified atom stereocenters. The first-order chi connectivity index (χ1) is 17.7. The average molecular weight is 547 g/mol. The molecule has 0 bridgehead atoms. The Hall–Kier alpha value is -2.95. The summed E-state index contributed by atoms with van der Waals surface area (Å²) in [6.45, 7) is 7.14. The highest BCUT2D eigenvalue weighted by atomic mass is 35.5. The quantitative estimate of drug-likeness (QED) is 0.454. The van der Waals surface area contributed by atoms with Gasteiger partial charge in [-0.15, -0.1) is 11.8 Å². The second kappa shape index (κ2) is 10.1. The van der Waals surface area contributed by atoms with Gasteiger partial charge in [0.15, 0.2) is 0 Å². The standard InChI is InChI=1S/C26H25ClF2N4O3S/c1-4-21(34)31-7-8-32(14(2)11-31)25-18-10-19(27)22(17-6-5-15(28)9-20(17)29)24-23(18)33(26(35)30-25)12-16(36-3)13-37-24/h4-6,9-10,14,16H,1,7-8,11-13H2,2-3H3/t14-,16?/m0/s1. The van der Waals surface area contributed by atoms with Crippen molar-refractivity contribution in [1.82, 2.24) is 14.5 Å². The highest BCUT2D eigenvalue weighted by Gasteiger charge is 2.32. The van der Waals surface area contributed by atoms with Crippen LogP contribution in [0.25, 0.3) is 22.0 Å². The zero-order valence-corrected chi connectivity index (χ0v) is 21.9. The van der Waals surface area contributed by atoms with Crippen LogP contribution in [0.2, 0.25) is 5.02 Å². The number of carbonyl (C=O) groups excluding carboxylic acids is 1. The van der Waals surface area contributed by atoms with E-state index in [0.29, 0.717) is 52.6 Å². The molecule has 1 fully saturated rings. The molecule has 0 radical (unpaired) electrons. The van der Waals surface area contributed by atoms with Gasteiger partial charge in [-0.05, 0) is 31.2 Å². The van der Waals surface area contributed by atoms with Gasteiger partial charge in [-0.3, -0.25) is 9.36 Å². The minimum Gasteiger partial charge on any atom is -0.379 e. The molecule has 1 aromatic heterocycles. The number of hydrogen-bond donors (Lipinski definition) is 0. The molecule has 2 aliphatic rings. The van der Waals surface area contributed by atoms with Gasteiger partial charge >= 0.3 is 5.69 Å². The third-order valence-corrected chi connectivity index (χ3v) is 8.39. The summed E-state index contributed by atoms with van der Waals surface area (Å²) in [4.78, 5) is 34.4. The number of benzene rings is 2. The first-order valence-corrected chi connectivity index (χ1v) is 13.2. The van der Waals surface area contributed by atoms with Crippen molar-refractivity contribution in [1.29, 1.82) is 0 Å². The van der Waals surface area contributed by atoms with Gasteiger partial charge in [0.25, 0.3) is 0 Å². The molecule has 3 heterocycles. The molecule has 2 aromatic carbocycles. The maximum absolute atomic E-state index is 15.0. The second-order valence-electron chi connectivity index (χ2n) is 9.11. The molecule has 0 saturated carbocycles. The molecular weight excluding hydrogens is 522 g/mol. The summed E-state index contributed by atoms with van der Waals surface area (Å²) in [5.74, 6) is -0.631. The van der Waals surface area contributed by atoms with E-state index in [2.05, 4.69) is 11.6 Å². The smallest absolute Gasteiger partial charge is 0.350 e. The Labute approximate surface area is 221 Å². The van der Waals surface area contributed by atoms with Crippen LogP contribution in [0, 0.1) is 11.6 Å². The van der Waals surface area contributed by atoms with E-state index in [1.807, 2.05) is 11.8 Å². The Morgan fingerprint density at radius 3 is 2.73 bits per heavy atom. The van der Waals surface area contributed by atoms with E-state index in [0.717, 1.165) is 6.07 Å². The van der Waals surface area contributed by atoms with Crippen LogP contribution in [-0.4, -0.2) is 65.0 Å². The molecule has 1 amide bonds. The number of aromatic nitrogens is 2. The fourth-order valence-electron chi connectivity index (χ4n) is 5.01. The first kappa shape index (κ1) is 25.7. The fraction of sp³-hybridized carbons (Fsp3) is 0.346. The van der Waals surface area contributed by atoms with E-state index in [9.17, 15) is 18.4 Å². The summed E-state index contributed by atoms with van der Waals surface area (Å²) in [6.07, 6.45) is 1.00. The van der Waals surface area contributed by atoms with Crippen molar-refractivity contribution in [2.24, 2.45) is 0 Å². The van der Waals surface area contributed by atoms with Crippen molar-refractivity contribution < 1.29 is 18.3 Å². The predicted octanol–water partition coefficient (Wildman–Crippen LogP) is 4.34. The summed E-state index contributed by atoms with van der Waals surface area (Å²) in [5, 5.41) is 0.906. The Morgan fingerprint density at radius 1 is 1.27 bits per heavy atom. The number of hydrogen-bond acceptors (Lipinski definition) is 6. The van der Waals surface area contributed by atoms with Crippen molar-refractivity contribution in [2.45, 2.75) is 30.5 Å². The maximum atomic E-state index is 15.0. The summed E-state index contributed by atoms with van der Waals surface area (Å²) in [5.41, 5.74) is 0.666. The van der Waals surface area contributed by atoms with Crippen molar-refractivity contribution in [3.63, 3.8) is 0 Å². The van der Waals surface area contributed by atoms with E-state index in [1.165, 1.54) is 30.0 Å². The van der Waals surface area contributed by atoms with Gasteiger partial charge in [0, 0.05) is 66.0 Å². The van der Waals surface area contributed by atoms with Gasteiger partial charge in [-0.25, -0.2) is 13.6 Å². The Bertz CT molecular complexity index is 1480. The number of anilines is 1. The lowest BCUT2D eigenvalue weighted by Crippen LogP contribution is -2.54. The highest BCUT2D eigenvalue weighted by Crippen LogP contribution is 2.46. The SMILES string of the molecule is C=CC(=O)N1CCN(c2nc(=O)n3c4c(c(-c5ccc(F)cc5F)c(Cl)cc24)SCC(OC)C3)[C@@H](C)C1. The fourth-order valence-corrected chi connectivity index (χ4v) is 6.69. The lowest BCUT2D eigenvalue weighted by atomic mass is 10.0. The monoisotopic (exact) mass is 546 g/mol. The second-order valence-corrected chi connectivity index (χ2v) is 10.5. The molecule has 37 heavy (non-hydrogen) atoms. The predicted molar refractivity (Wildman–Crippen MR) is 141 cm³/mol. The first-order valence-electron chi connectivity index (χ1n) is 11.8. The number of rotatable bonds is 4. The molecule has 3 aromatic rings. The molecule has 11 heteroatoms. The Balaban J connectivity index is 1.75. The molecule has 7 nitrogen and oxygen atoms in total. The number of nitrogens with zero attached hydrogens (tertiary/aromatic N) is 4. The zero-order valence-electron chi connectivity index (χ0n) is 20.3. The number of halogens is 3. The maximum Gasteiger partial charge on any atom is 0.350 e. The van der Waals surface area contributed by atoms with Gasteiger partial charge in [0.2, 0.25) is 5.91 Å². The lowest BCUT2D eigenvalue weighted by molar-refractivity contribution is -0.126. The third-order valence-electron chi connectivity index (χ3n) is 6.87. The van der Waals surface area contributed by atoms with Crippen LogP contribution in [0.15, 0.2) is 46.6 Å². The zero-order chi connectivity index (χ0) is 26.4. The molecule has 194 valence electrons. The van der Waals surface area contributed by atoms with Gasteiger partial charge < -0.3 is 14.5 Å². The largest absolute Gasteiger partial charge is 0.379 e. The molecular formula is C26H25ClF2N4O3S. The summed E-state index contributed by atoms with van der Waals surface area (Å²) < 4.78 is 35.8. The molecule has 0 N–H and O–H groups in total. The minimum atomic E-state index is -0.745. The van der Waals surface area contributed by atoms with E-state index in [1.54, 1.807) is 22.6 Å². The van der Waals surface area contributed by atoms with E-state index in [-0.39, 0.29) is 35.2 Å². The Morgan fingerprint density at radius 2 is 2.05 bits per heavy atom. The van der Waals surface area contributed by atoms with Crippen LogP contribution in [-0.2, 0) is 16.1 Å². The van der Waals surface area contributed by atoms with Crippen LogP contribution in [0.1, 0.15) is 6.92 Å². The van der Waals surface area contributed by atoms with Crippen LogP contribution in [0.5, 0.6) is 0 Å². The minimum absolute atomic E-state index is 0.135. The van der Waals surface area contributed by atoms with E-state index < -0.39 is 17.3 Å². The van der Waals surface area contributed by atoms with Crippen LogP contribution >= 0.6 is 23.4 Å². The number of piperazine rings is 1. The highest BCUT2D eigenvalue weighted by molar-refractivity contribution is 7.99. The van der Waals surface area contributed by atoms with Crippen molar-refractivity contribution >= 4 is 46.0 Å². The number of methoxy groups -OCH3 is 1. The Kier molecular flexibility index (Phi) is 6.99. The number of ether oxygens (including phenoxy) is 1. The van der Waals surface area contributed by atoms with Gasteiger partial charge in [-0.2, -0.15) is 4.98 Å². The van der Waals surface area contributed by atoms with Crippen LogP contribution in [0.3, 0.4) is 0 Å². The summed E-state index contributed by atoms with van der Waals surface area (Å²) >= 11 is 8.22. The van der Waals surface area contributed by atoms with Crippen LogP contribution in [0.4, 0.5) is 14.6 Å². The van der Waals surface area contributed by atoms with Crippen LogP contribution < -0.4 is 10.6 Å².